The fourth-order valence-corrected chi connectivity index (χ4v) is 10.8. The summed E-state index contributed by atoms with van der Waals surface area (Å²) in [6.45, 7) is 0. The minimum atomic E-state index is 0.183. The number of anilines is 3. The summed E-state index contributed by atoms with van der Waals surface area (Å²) in [5.74, 6) is 1.74. The van der Waals surface area contributed by atoms with Crippen LogP contribution in [0, 0.1) is 23.7 Å². The Kier molecular flexibility index (Phi) is 12.0. The van der Waals surface area contributed by atoms with Crippen molar-refractivity contribution in [2.24, 2.45) is 23.7 Å². The molecule has 0 saturated heterocycles. The zero-order chi connectivity index (χ0) is 41.5. The molecule has 0 bridgehead atoms. The highest BCUT2D eigenvalue weighted by molar-refractivity contribution is 5.82. The Hall–Kier alpha value is -6.38. The molecule has 4 aromatic carbocycles. The molecule has 0 aliphatic heterocycles. The highest BCUT2D eigenvalue weighted by Gasteiger charge is 2.36. The van der Waals surface area contributed by atoms with Gasteiger partial charge < -0.3 is 9.80 Å². The van der Waals surface area contributed by atoms with E-state index in [-0.39, 0.29) is 5.92 Å². The molecule has 0 radical (unpaired) electrons. The smallest absolute Gasteiger partial charge is 0.0519 e. The van der Waals surface area contributed by atoms with Crippen molar-refractivity contribution < 1.29 is 0 Å². The summed E-state index contributed by atoms with van der Waals surface area (Å²) >= 11 is 0. The minimum absolute atomic E-state index is 0.183. The van der Waals surface area contributed by atoms with Gasteiger partial charge in [0, 0.05) is 34.6 Å². The summed E-state index contributed by atoms with van der Waals surface area (Å²) in [6.07, 6.45) is 54.4. The van der Waals surface area contributed by atoms with E-state index in [4.69, 9.17) is 0 Å². The molecule has 6 aliphatic carbocycles. The zero-order valence-electron chi connectivity index (χ0n) is 35.8. The summed E-state index contributed by atoms with van der Waals surface area (Å²) < 4.78 is 0. The Labute approximate surface area is 370 Å². The number of nitrogens with zero attached hydrogens (tertiary/aromatic N) is 2. The quantitative estimate of drug-likeness (QED) is 0.164. The first-order valence-corrected chi connectivity index (χ1v) is 23.2. The number of fused-ring (bicyclic) bond motifs is 5. The SMILES string of the molecule is C1=CCCC(N(C2=C/Cc3cccc(N(c4ccccc4)c4cccc(-c5ccccc5)c4)c3C3C=CC=CC3C3C=CC=CC3C/C=C\2)C2C=CC(C3=CCCC=C3)CC2)=C1. The molecule has 0 heterocycles. The molecular weight excluding hydrogens is 749 g/mol. The van der Waals surface area contributed by atoms with Crippen molar-refractivity contribution in [2.75, 3.05) is 4.90 Å². The third kappa shape index (κ3) is 8.44. The van der Waals surface area contributed by atoms with Crippen LogP contribution in [0.3, 0.4) is 0 Å². The molecule has 0 N–H and O–H groups in total. The van der Waals surface area contributed by atoms with Gasteiger partial charge in [0.15, 0.2) is 0 Å². The first-order chi connectivity index (χ1) is 30.8. The van der Waals surface area contributed by atoms with E-state index >= 15 is 0 Å². The van der Waals surface area contributed by atoms with Gasteiger partial charge in [-0.15, -0.1) is 0 Å². The number of benzene rings is 4. The zero-order valence-corrected chi connectivity index (χ0v) is 35.8. The molecule has 6 atom stereocenters. The lowest BCUT2D eigenvalue weighted by Crippen LogP contribution is -2.35. The number of para-hydroxylation sites is 1. The van der Waals surface area contributed by atoms with Crippen molar-refractivity contribution in [3.05, 3.63) is 247 Å². The fourth-order valence-electron chi connectivity index (χ4n) is 10.8. The van der Waals surface area contributed by atoms with Gasteiger partial charge in [0.25, 0.3) is 0 Å². The van der Waals surface area contributed by atoms with E-state index in [2.05, 4.69) is 228 Å². The summed E-state index contributed by atoms with van der Waals surface area (Å²) in [4.78, 5) is 5.23. The highest BCUT2D eigenvalue weighted by atomic mass is 15.2. The van der Waals surface area contributed by atoms with Gasteiger partial charge in [0.05, 0.1) is 11.7 Å². The van der Waals surface area contributed by atoms with Gasteiger partial charge in [0.1, 0.15) is 0 Å². The van der Waals surface area contributed by atoms with Crippen molar-refractivity contribution in [3.8, 4) is 11.1 Å². The van der Waals surface area contributed by atoms with Crippen molar-refractivity contribution >= 4 is 17.1 Å². The van der Waals surface area contributed by atoms with Crippen LogP contribution < -0.4 is 4.90 Å². The van der Waals surface area contributed by atoms with Gasteiger partial charge in [-0.1, -0.05) is 176 Å². The van der Waals surface area contributed by atoms with E-state index in [0.29, 0.717) is 29.7 Å². The number of rotatable bonds is 8. The predicted octanol–water partition coefficient (Wildman–Crippen LogP) is 15.5. The van der Waals surface area contributed by atoms with Crippen molar-refractivity contribution in [3.63, 3.8) is 0 Å². The molecule has 6 aliphatic rings. The van der Waals surface area contributed by atoms with Crippen LogP contribution in [0.5, 0.6) is 0 Å². The summed E-state index contributed by atoms with van der Waals surface area (Å²) in [5.41, 5.74) is 13.0. The third-order valence-corrected chi connectivity index (χ3v) is 13.8. The van der Waals surface area contributed by atoms with Gasteiger partial charge >= 0.3 is 0 Å². The second-order valence-electron chi connectivity index (χ2n) is 17.6. The standard InChI is InChI=1S/C60H58N2/c1-5-20-45(21-6-1)47-38-41-54(42-39-47)61(51-28-9-3-10-29-51)53-32-17-25-48-24-13-14-34-56(48)57-35-15-16-36-58(57)60-49(40-43-53)26-19-37-59(60)62(52-30-11-4-12-31-52)55-33-18-27-50(44-55)46-22-7-2-8-23-46/h2-5,7-9,11-24,26-28,30-38,41,43-44,47-48,54,56-58H,1,6,10,25,29,39-40,42H2/b32-17-,53-43+. The van der Waals surface area contributed by atoms with E-state index in [1.165, 1.54) is 51.3 Å². The minimum Gasteiger partial charge on any atom is -0.339 e. The number of hydrogen-bond acceptors (Lipinski definition) is 2. The summed E-state index contributed by atoms with van der Waals surface area (Å²) in [5, 5.41) is 0. The maximum Gasteiger partial charge on any atom is 0.0519 e. The number of allylic oxidation sites excluding steroid dienone is 20. The molecule has 62 heavy (non-hydrogen) atoms. The average molecular weight is 807 g/mol. The van der Waals surface area contributed by atoms with Crippen LogP contribution in [-0.2, 0) is 6.42 Å². The Balaban J connectivity index is 1.13. The second kappa shape index (κ2) is 18.7. The van der Waals surface area contributed by atoms with Crippen molar-refractivity contribution in [1.29, 1.82) is 0 Å². The highest BCUT2D eigenvalue weighted by Crippen LogP contribution is 2.49. The van der Waals surface area contributed by atoms with E-state index in [1.54, 1.807) is 0 Å². The second-order valence-corrected chi connectivity index (χ2v) is 17.6. The molecular formula is C60H58N2. The normalized spacial score (nSPS) is 26.4. The Morgan fingerprint density at radius 1 is 0.548 bits per heavy atom. The molecule has 2 heteroatoms. The van der Waals surface area contributed by atoms with Crippen LogP contribution in [-0.4, -0.2) is 10.9 Å². The first kappa shape index (κ1) is 39.7. The van der Waals surface area contributed by atoms with Gasteiger partial charge in [0.2, 0.25) is 0 Å². The molecule has 4 aromatic rings. The van der Waals surface area contributed by atoms with E-state index in [9.17, 15) is 0 Å². The Morgan fingerprint density at radius 2 is 1.34 bits per heavy atom. The van der Waals surface area contributed by atoms with Crippen molar-refractivity contribution in [2.45, 2.75) is 63.3 Å². The van der Waals surface area contributed by atoms with Crippen LogP contribution in [0.1, 0.15) is 62.0 Å². The maximum absolute atomic E-state index is 2.71. The molecule has 2 nitrogen and oxygen atoms in total. The lowest BCUT2D eigenvalue weighted by molar-refractivity contribution is 0.318. The van der Waals surface area contributed by atoms with Crippen LogP contribution in [0.2, 0.25) is 0 Å². The van der Waals surface area contributed by atoms with Crippen LogP contribution >= 0.6 is 0 Å². The van der Waals surface area contributed by atoms with Gasteiger partial charge in [-0.05, 0) is 139 Å². The van der Waals surface area contributed by atoms with E-state index < -0.39 is 0 Å². The van der Waals surface area contributed by atoms with Crippen LogP contribution in [0.15, 0.2) is 236 Å². The molecule has 10 rings (SSSR count). The molecule has 6 unspecified atom stereocenters. The van der Waals surface area contributed by atoms with E-state index in [0.717, 1.165) is 56.3 Å². The largest absolute Gasteiger partial charge is 0.339 e. The fraction of sp³-hybridized carbons (Fsp3) is 0.233. The van der Waals surface area contributed by atoms with Crippen LogP contribution in [0.4, 0.5) is 17.1 Å². The maximum atomic E-state index is 2.71. The topological polar surface area (TPSA) is 6.48 Å². The van der Waals surface area contributed by atoms with E-state index in [1.807, 2.05) is 0 Å². The molecule has 0 saturated carbocycles. The molecule has 0 amide bonds. The van der Waals surface area contributed by atoms with Gasteiger partial charge in [-0.2, -0.15) is 0 Å². The molecule has 0 aromatic heterocycles. The van der Waals surface area contributed by atoms with Gasteiger partial charge in [-0.3, -0.25) is 0 Å². The predicted molar refractivity (Wildman–Crippen MR) is 262 cm³/mol. The average Bonchev–Trinajstić information content (AvgIpc) is 3.35. The Bertz CT molecular complexity index is 2570. The lowest BCUT2D eigenvalue weighted by Gasteiger charge is -2.40. The Morgan fingerprint density at radius 3 is 2.15 bits per heavy atom. The first-order valence-electron chi connectivity index (χ1n) is 23.2. The monoisotopic (exact) mass is 806 g/mol. The number of hydrogen-bond donors (Lipinski definition) is 0. The molecule has 0 spiro atoms. The summed E-state index contributed by atoms with van der Waals surface area (Å²) in [7, 11) is 0. The lowest BCUT2D eigenvalue weighted by atomic mass is 9.67. The van der Waals surface area contributed by atoms with Crippen LogP contribution in [0.25, 0.3) is 11.1 Å². The van der Waals surface area contributed by atoms with Gasteiger partial charge in [-0.25, -0.2) is 0 Å². The third-order valence-electron chi connectivity index (χ3n) is 13.8. The molecule has 0 fully saturated rings. The molecule has 308 valence electrons. The summed E-state index contributed by atoms with van der Waals surface area (Å²) in [6, 6.07) is 38.3. The van der Waals surface area contributed by atoms with Crippen molar-refractivity contribution in [1.82, 2.24) is 4.90 Å².